The predicted octanol–water partition coefficient (Wildman–Crippen LogP) is 1.97. The van der Waals surface area contributed by atoms with Crippen LogP contribution in [-0.2, 0) is 4.79 Å². The van der Waals surface area contributed by atoms with Gasteiger partial charge in [0, 0.05) is 25.7 Å². The zero-order valence-corrected chi connectivity index (χ0v) is 11.0. The fourth-order valence-corrected chi connectivity index (χ4v) is 1.82. The van der Waals surface area contributed by atoms with E-state index in [0.29, 0.717) is 23.7 Å². The molecule has 0 heterocycles. The number of carbonyl (C=O) groups excluding carboxylic acids is 1. The number of methoxy groups -OCH3 is 1. The fourth-order valence-electron chi connectivity index (χ4n) is 1.59. The van der Waals surface area contributed by atoms with Crippen molar-refractivity contribution in [1.82, 2.24) is 0 Å². The van der Waals surface area contributed by atoms with Gasteiger partial charge in [0.25, 0.3) is 0 Å². The van der Waals surface area contributed by atoms with E-state index in [9.17, 15) is 4.79 Å². The Morgan fingerprint density at radius 1 is 1.53 bits per heavy atom. The third kappa shape index (κ3) is 3.11. The van der Waals surface area contributed by atoms with Crippen LogP contribution in [0.5, 0.6) is 5.75 Å². The minimum absolute atomic E-state index is 0.0307. The second kappa shape index (κ2) is 5.89. The van der Waals surface area contributed by atoms with Crippen molar-refractivity contribution >= 4 is 23.2 Å². The lowest BCUT2D eigenvalue weighted by atomic mass is 10.1. The standard InChI is InChI=1S/C12H17ClN2O2/c1-8-6-11(17-3)9(13)7-10(8)15(2)12(16)4-5-14/h6-7H,4-5,14H2,1-3H3. The maximum Gasteiger partial charge on any atom is 0.227 e. The third-order valence-corrected chi connectivity index (χ3v) is 2.86. The average molecular weight is 257 g/mol. The lowest BCUT2D eigenvalue weighted by Crippen LogP contribution is -2.28. The zero-order chi connectivity index (χ0) is 13.0. The Balaban J connectivity index is 3.06. The van der Waals surface area contributed by atoms with Gasteiger partial charge in [-0.2, -0.15) is 0 Å². The fraction of sp³-hybridized carbons (Fsp3) is 0.417. The van der Waals surface area contributed by atoms with E-state index >= 15 is 0 Å². The number of benzene rings is 1. The van der Waals surface area contributed by atoms with Gasteiger partial charge < -0.3 is 15.4 Å². The van der Waals surface area contributed by atoms with Gasteiger partial charge in [-0.3, -0.25) is 4.79 Å². The zero-order valence-electron chi connectivity index (χ0n) is 10.3. The Kier molecular flexibility index (Phi) is 4.78. The lowest BCUT2D eigenvalue weighted by molar-refractivity contribution is -0.118. The van der Waals surface area contributed by atoms with Crippen LogP contribution in [0.4, 0.5) is 5.69 Å². The van der Waals surface area contributed by atoms with Crippen LogP contribution < -0.4 is 15.4 Å². The van der Waals surface area contributed by atoms with Gasteiger partial charge in [-0.25, -0.2) is 0 Å². The molecule has 0 fully saturated rings. The molecule has 0 radical (unpaired) electrons. The van der Waals surface area contributed by atoms with Crippen molar-refractivity contribution in [2.24, 2.45) is 5.73 Å². The summed E-state index contributed by atoms with van der Waals surface area (Å²) in [6, 6.07) is 3.54. The van der Waals surface area contributed by atoms with Crippen molar-refractivity contribution in [3.05, 3.63) is 22.7 Å². The van der Waals surface area contributed by atoms with E-state index in [2.05, 4.69) is 0 Å². The molecule has 0 unspecified atom stereocenters. The predicted molar refractivity (Wildman–Crippen MR) is 69.8 cm³/mol. The number of halogens is 1. The summed E-state index contributed by atoms with van der Waals surface area (Å²) in [6.45, 7) is 2.24. The van der Waals surface area contributed by atoms with E-state index in [1.54, 1.807) is 25.1 Å². The minimum Gasteiger partial charge on any atom is -0.495 e. The summed E-state index contributed by atoms with van der Waals surface area (Å²) in [7, 11) is 3.27. The Morgan fingerprint density at radius 2 is 2.18 bits per heavy atom. The minimum atomic E-state index is -0.0307. The number of ether oxygens (including phenoxy) is 1. The average Bonchev–Trinajstić information content (AvgIpc) is 2.31. The van der Waals surface area contributed by atoms with Gasteiger partial charge in [-0.05, 0) is 24.6 Å². The Labute approximate surface area is 106 Å². The number of amides is 1. The molecular formula is C12H17ClN2O2. The second-order valence-corrected chi connectivity index (χ2v) is 4.17. The summed E-state index contributed by atoms with van der Waals surface area (Å²) in [5.74, 6) is 0.574. The van der Waals surface area contributed by atoms with Gasteiger partial charge >= 0.3 is 0 Å². The van der Waals surface area contributed by atoms with E-state index in [1.165, 1.54) is 0 Å². The second-order valence-electron chi connectivity index (χ2n) is 3.76. The number of hydrogen-bond donors (Lipinski definition) is 1. The Hall–Kier alpha value is -1.26. The Bertz CT molecular complexity index is 421. The van der Waals surface area contributed by atoms with Gasteiger partial charge in [0.2, 0.25) is 5.91 Å². The van der Waals surface area contributed by atoms with E-state index in [4.69, 9.17) is 22.1 Å². The molecular weight excluding hydrogens is 240 g/mol. The van der Waals surface area contributed by atoms with Crippen molar-refractivity contribution in [3.63, 3.8) is 0 Å². The largest absolute Gasteiger partial charge is 0.495 e. The van der Waals surface area contributed by atoms with Crippen LogP contribution in [0.3, 0.4) is 0 Å². The van der Waals surface area contributed by atoms with Crippen LogP contribution in [-0.4, -0.2) is 26.6 Å². The topological polar surface area (TPSA) is 55.6 Å². The Morgan fingerprint density at radius 3 is 2.71 bits per heavy atom. The van der Waals surface area contributed by atoms with Gasteiger partial charge in [0.05, 0.1) is 12.1 Å². The van der Waals surface area contributed by atoms with Crippen LogP contribution in [0.2, 0.25) is 5.02 Å². The van der Waals surface area contributed by atoms with Crippen LogP contribution >= 0.6 is 11.6 Å². The van der Waals surface area contributed by atoms with Gasteiger partial charge in [0.1, 0.15) is 5.75 Å². The number of anilines is 1. The van der Waals surface area contributed by atoms with Crippen LogP contribution in [0.25, 0.3) is 0 Å². The molecule has 1 amide bonds. The molecule has 0 saturated heterocycles. The molecule has 0 saturated carbocycles. The number of carbonyl (C=O) groups is 1. The summed E-state index contributed by atoms with van der Waals surface area (Å²) >= 11 is 6.04. The van der Waals surface area contributed by atoms with Crippen LogP contribution in [0.1, 0.15) is 12.0 Å². The van der Waals surface area contributed by atoms with E-state index < -0.39 is 0 Å². The lowest BCUT2D eigenvalue weighted by Gasteiger charge is -2.20. The van der Waals surface area contributed by atoms with Crippen molar-refractivity contribution in [2.75, 3.05) is 25.6 Å². The maximum absolute atomic E-state index is 11.7. The van der Waals surface area contributed by atoms with Crippen molar-refractivity contribution in [3.8, 4) is 5.75 Å². The maximum atomic E-state index is 11.7. The molecule has 0 spiro atoms. The number of rotatable bonds is 4. The molecule has 17 heavy (non-hydrogen) atoms. The van der Waals surface area contributed by atoms with Crippen molar-refractivity contribution in [1.29, 1.82) is 0 Å². The normalized spacial score (nSPS) is 10.2. The number of aryl methyl sites for hydroxylation is 1. The van der Waals surface area contributed by atoms with Crippen molar-refractivity contribution < 1.29 is 9.53 Å². The highest BCUT2D eigenvalue weighted by molar-refractivity contribution is 6.32. The number of nitrogens with two attached hydrogens (primary N) is 1. The molecule has 0 aliphatic rings. The highest BCUT2D eigenvalue weighted by Gasteiger charge is 2.14. The third-order valence-electron chi connectivity index (χ3n) is 2.56. The first-order chi connectivity index (χ1) is 8.01. The first-order valence-corrected chi connectivity index (χ1v) is 5.69. The summed E-state index contributed by atoms with van der Waals surface area (Å²) in [6.07, 6.45) is 0.319. The monoisotopic (exact) mass is 256 g/mol. The molecule has 2 N–H and O–H groups in total. The molecule has 5 heteroatoms. The molecule has 4 nitrogen and oxygen atoms in total. The molecule has 0 bridgehead atoms. The number of nitrogens with zero attached hydrogens (tertiary/aromatic N) is 1. The molecule has 0 atom stereocenters. The number of hydrogen-bond acceptors (Lipinski definition) is 3. The quantitative estimate of drug-likeness (QED) is 0.896. The highest BCUT2D eigenvalue weighted by atomic mass is 35.5. The first-order valence-electron chi connectivity index (χ1n) is 5.32. The summed E-state index contributed by atoms with van der Waals surface area (Å²) in [5.41, 5.74) is 7.07. The summed E-state index contributed by atoms with van der Waals surface area (Å²) < 4.78 is 5.11. The van der Waals surface area contributed by atoms with E-state index in [0.717, 1.165) is 11.3 Å². The summed E-state index contributed by atoms with van der Waals surface area (Å²) in [4.78, 5) is 13.3. The SMILES string of the molecule is COc1cc(C)c(N(C)C(=O)CCN)cc1Cl. The van der Waals surface area contributed by atoms with E-state index in [1.807, 2.05) is 13.0 Å². The van der Waals surface area contributed by atoms with Gasteiger partial charge in [0.15, 0.2) is 0 Å². The summed E-state index contributed by atoms with van der Waals surface area (Å²) in [5, 5.41) is 0.487. The first kappa shape index (κ1) is 13.8. The highest BCUT2D eigenvalue weighted by Crippen LogP contribution is 2.32. The van der Waals surface area contributed by atoms with Gasteiger partial charge in [-0.15, -0.1) is 0 Å². The molecule has 1 aromatic carbocycles. The smallest absolute Gasteiger partial charge is 0.227 e. The van der Waals surface area contributed by atoms with Crippen molar-refractivity contribution in [2.45, 2.75) is 13.3 Å². The van der Waals surface area contributed by atoms with Crippen LogP contribution in [0, 0.1) is 6.92 Å². The van der Waals surface area contributed by atoms with E-state index in [-0.39, 0.29) is 5.91 Å². The molecule has 1 rings (SSSR count). The van der Waals surface area contributed by atoms with Crippen LogP contribution in [0.15, 0.2) is 12.1 Å². The molecule has 0 aliphatic carbocycles. The van der Waals surface area contributed by atoms with Gasteiger partial charge in [-0.1, -0.05) is 11.6 Å². The molecule has 0 aliphatic heterocycles. The molecule has 1 aromatic rings. The molecule has 94 valence electrons. The molecule has 0 aromatic heterocycles.